The van der Waals surface area contributed by atoms with Gasteiger partial charge in [-0.15, -0.1) is 0 Å². The third-order valence-electron chi connectivity index (χ3n) is 8.54. The fraction of sp³-hybridized carbons (Fsp3) is 0.875. The van der Waals surface area contributed by atoms with Crippen molar-refractivity contribution in [3.8, 4) is 0 Å². The molecule has 38 heavy (non-hydrogen) atoms. The van der Waals surface area contributed by atoms with Gasteiger partial charge < -0.3 is 25.3 Å². The second kappa shape index (κ2) is 12.0. The molecule has 0 radical (unpaired) electrons. The predicted molar refractivity (Wildman–Crippen MR) is 147 cm³/mol. The third kappa shape index (κ3) is 6.74. The molecule has 214 valence electrons. The molecule has 7 atom stereocenters. The Hall–Kier alpha value is -2.06. The minimum atomic E-state index is -0.850. The topological polar surface area (TPSA) is 168 Å². The van der Waals surface area contributed by atoms with E-state index in [0.29, 0.717) is 24.7 Å². The highest BCUT2D eigenvalue weighted by atomic mass is 32.1. The largest absolute Gasteiger partial charge is 0.481 e. The molecule has 2 amide bonds. The van der Waals surface area contributed by atoms with Crippen LogP contribution in [0.1, 0.15) is 73.6 Å². The zero-order chi connectivity index (χ0) is 28.4. The van der Waals surface area contributed by atoms with E-state index in [0.717, 1.165) is 12.8 Å². The Bertz CT molecular complexity index is 923. The smallest absolute Gasteiger partial charge is 0.404 e. The lowest BCUT2D eigenvalue weighted by atomic mass is 9.43. The zero-order valence-corrected chi connectivity index (χ0v) is 24.1. The number of carbonyl (C=O) groups excluding carboxylic acids is 2. The first-order valence-electron chi connectivity index (χ1n) is 13.5. The van der Waals surface area contributed by atoms with Crippen LogP contribution in [0.15, 0.2) is 0 Å². The van der Waals surface area contributed by atoms with Crippen LogP contribution in [0.3, 0.4) is 0 Å². The Morgan fingerprint density at radius 3 is 2.45 bits per heavy atom. The standard InChI is InChI=1S/C24H43BN6O6S/c1-13(2)10-19(25-36-18-12-15-11-17(23(15,4)5)24(18,6)37-25)29-21(33)16(28-20(32)14(3)38)8-7-9-27-22(26)30-31(34)35/h13-19,38H,7-12H2,1-6H3,(H,28,32)(H,29,33)(H3,26,27,30)/t14?,15-,16-,17-,18+,19-,24-/m0/s1. The molecular formula is C24H43BN6O6S. The Labute approximate surface area is 230 Å². The van der Waals surface area contributed by atoms with Crippen molar-refractivity contribution >= 4 is 37.5 Å². The number of nitrogens with one attached hydrogen (secondary N) is 5. The first-order valence-corrected chi connectivity index (χ1v) is 14.0. The first-order chi connectivity index (χ1) is 17.6. The van der Waals surface area contributed by atoms with Gasteiger partial charge in [0.05, 0.1) is 22.9 Å². The van der Waals surface area contributed by atoms with E-state index in [-0.39, 0.29) is 42.2 Å². The van der Waals surface area contributed by atoms with E-state index in [1.165, 1.54) is 0 Å². The van der Waals surface area contributed by atoms with Crippen molar-refractivity contribution in [2.45, 2.75) is 103 Å². The van der Waals surface area contributed by atoms with Crippen molar-refractivity contribution in [1.82, 2.24) is 21.4 Å². The number of guanidine groups is 1. The van der Waals surface area contributed by atoms with Crippen LogP contribution in [0.2, 0.25) is 0 Å². The Kier molecular flexibility index (Phi) is 9.62. The summed E-state index contributed by atoms with van der Waals surface area (Å²) in [6.45, 7) is 12.7. The highest BCUT2D eigenvalue weighted by molar-refractivity contribution is 7.81. The number of hydrazine groups is 1. The monoisotopic (exact) mass is 554 g/mol. The Morgan fingerprint density at radius 1 is 1.18 bits per heavy atom. The second-order valence-corrected chi connectivity index (χ2v) is 12.9. The number of hydrogen-bond donors (Lipinski definition) is 6. The highest BCUT2D eigenvalue weighted by Crippen LogP contribution is 2.65. The summed E-state index contributed by atoms with van der Waals surface area (Å²) in [7, 11) is -0.581. The summed E-state index contributed by atoms with van der Waals surface area (Å²) in [6, 6.07) is -0.850. The van der Waals surface area contributed by atoms with E-state index in [9.17, 15) is 19.7 Å². The third-order valence-corrected chi connectivity index (χ3v) is 8.77. The molecule has 1 unspecified atom stereocenters. The molecule has 1 heterocycles. The maximum atomic E-state index is 13.5. The molecular weight excluding hydrogens is 511 g/mol. The normalized spacial score (nSPS) is 29.4. The SMILES string of the molecule is CC(C)C[C@H](NC(=O)[C@H](CCCNC(=N)N[N+](=O)[O-])NC(=O)C(C)S)B1O[C@@H]2C[C@@H]3C[C@@H](C3(C)C)[C@]2(C)O1. The van der Waals surface area contributed by atoms with Gasteiger partial charge in [-0.05, 0) is 69.1 Å². The van der Waals surface area contributed by atoms with Crippen molar-refractivity contribution in [3.05, 3.63) is 10.1 Å². The van der Waals surface area contributed by atoms with Crippen LogP contribution in [-0.4, -0.2) is 65.4 Å². The van der Waals surface area contributed by atoms with Crippen molar-refractivity contribution in [2.75, 3.05) is 6.54 Å². The number of thiol groups is 1. The molecule has 4 fully saturated rings. The maximum Gasteiger partial charge on any atom is 0.481 e. The quantitative estimate of drug-likeness (QED) is 0.0403. The van der Waals surface area contributed by atoms with E-state index in [4.69, 9.17) is 14.7 Å². The number of carbonyl (C=O) groups is 2. The number of nitro groups is 1. The van der Waals surface area contributed by atoms with Crippen LogP contribution in [0.25, 0.3) is 0 Å². The molecule has 1 aliphatic heterocycles. The molecule has 4 rings (SSSR count). The number of hydrogen-bond acceptors (Lipinski definition) is 8. The lowest BCUT2D eigenvalue weighted by molar-refractivity contribution is -0.525. The van der Waals surface area contributed by atoms with E-state index in [1.807, 2.05) is 0 Å². The lowest BCUT2D eigenvalue weighted by Gasteiger charge is -2.64. The minimum Gasteiger partial charge on any atom is -0.404 e. The van der Waals surface area contributed by atoms with Gasteiger partial charge in [0, 0.05) is 6.54 Å². The van der Waals surface area contributed by atoms with Crippen LogP contribution in [-0.2, 0) is 18.9 Å². The summed E-state index contributed by atoms with van der Waals surface area (Å²) in [5, 5.41) is 24.9. The molecule has 4 aliphatic rings. The zero-order valence-electron chi connectivity index (χ0n) is 23.2. The molecule has 5 N–H and O–H groups in total. The number of amides is 2. The van der Waals surface area contributed by atoms with Gasteiger partial charge in [-0.1, -0.05) is 33.1 Å². The van der Waals surface area contributed by atoms with Crippen molar-refractivity contribution < 1.29 is 23.9 Å². The summed E-state index contributed by atoms with van der Waals surface area (Å²) < 4.78 is 13.1. The van der Waals surface area contributed by atoms with Gasteiger partial charge >= 0.3 is 7.12 Å². The molecule has 14 heteroatoms. The van der Waals surface area contributed by atoms with Crippen LogP contribution in [0, 0.1) is 38.7 Å². The van der Waals surface area contributed by atoms with E-state index < -0.39 is 40.9 Å². The summed E-state index contributed by atoms with van der Waals surface area (Å²) >= 11 is 4.18. The van der Waals surface area contributed by atoms with Crippen LogP contribution >= 0.6 is 12.6 Å². The van der Waals surface area contributed by atoms with Crippen LogP contribution < -0.4 is 21.4 Å². The van der Waals surface area contributed by atoms with Gasteiger partial charge in [0.15, 0.2) is 5.03 Å². The molecule has 3 saturated carbocycles. The van der Waals surface area contributed by atoms with E-state index in [2.05, 4.69) is 63.2 Å². The van der Waals surface area contributed by atoms with Gasteiger partial charge in [0.2, 0.25) is 11.8 Å². The number of nitrogens with zero attached hydrogens (tertiary/aromatic N) is 1. The molecule has 12 nitrogen and oxygen atoms in total. The Morgan fingerprint density at radius 2 is 1.87 bits per heavy atom. The fourth-order valence-corrected chi connectivity index (χ4v) is 6.39. The molecule has 1 saturated heterocycles. The number of rotatable bonds is 12. The molecule has 0 aromatic carbocycles. The van der Waals surface area contributed by atoms with Gasteiger partial charge in [-0.3, -0.25) is 15.0 Å². The molecule has 0 aromatic heterocycles. The summed E-state index contributed by atoms with van der Waals surface area (Å²) in [5.74, 6) is -0.292. The van der Waals surface area contributed by atoms with Crippen molar-refractivity contribution in [1.29, 1.82) is 5.41 Å². The van der Waals surface area contributed by atoms with E-state index >= 15 is 0 Å². The fourth-order valence-electron chi connectivity index (χ4n) is 6.31. The molecule has 2 bridgehead atoms. The summed E-state index contributed by atoms with van der Waals surface area (Å²) in [4.78, 5) is 36.3. The van der Waals surface area contributed by atoms with Gasteiger partial charge in [0.25, 0.3) is 5.96 Å². The van der Waals surface area contributed by atoms with Gasteiger partial charge in [0.1, 0.15) is 6.04 Å². The molecule has 0 aromatic rings. The van der Waals surface area contributed by atoms with Crippen LogP contribution in [0.4, 0.5) is 0 Å². The van der Waals surface area contributed by atoms with Crippen molar-refractivity contribution in [2.24, 2.45) is 23.2 Å². The average molecular weight is 555 g/mol. The molecule has 3 aliphatic carbocycles. The first kappa shape index (κ1) is 30.5. The van der Waals surface area contributed by atoms with Gasteiger partial charge in [-0.25, -0.2) is 10.1 Å². The second-order valence-electron chi connectivity index (χ2n) is 12.1. The van der Waals surface area contributed by atoms with Gasteiger partial charge in [-0.2, -0.15) is 12.6 Å². The summed E-state index contributed by atoms with van der Waals surface area (Å²) in [5.41, 5.74) is 1.53. The minimum absolute atomic E-state index is 0.00876. The highest BCUT2D eigenvalue weighted by Gasteiger charge is 2.68. The average Bonchev–Trinajstić information content (AvgIpc) is 3.16. The Balaban J connectivity index is 1.66. The summed E-state index contributed by atoms with van der Waals surface area (Å²) in [6.07, 6.45) is 3.36. The lowest BCUT2D eigenvalue weighted by Crippen LogP contribution is -2.65. The van der Waals surface area contributed by atoms with Crippen molar-refractivity contribution in [3.63, 3.8) is 0 Å². The predicted octanol–water partition coefficient (Wildman–Crippen LogP) is 1.67. The molecule has 0 spiro atoms. The van der Waals surface area contributed by atoms with Crippen LogP contribution in [0.5, 0.6) is 0 Å². The maximum absolute atomic E-state index is 13.5. The van der Waals surface area contributed by atoms with E-state index in [1.54, 1.807) is 12.3 Å².